The van der Waals surface area contributed by atoms with Gasteiger partial charge in [0.05, 0.1) is 12.8 Å². The third kappa shape index (κ3) is 15.3. The fourth-order valence-electron chi connectivity index (χ4n) is 7.33. The molecule has 0 bridgehead atoms. The number of carbonyl (C=O) groups excluding carboxylic acids is 7. The standard InChI is InChI=1S/C50H60N6O9/c1-32(2)27-40(52-43(57)28-35-22-24-38(25-23-35)51-50(63)54-39-20-13-12-15-34(39)5)46(59)53-41(29-44(58)64-30-36-16-8-6-9-17-36)47(60)55-45(33(3)4)48(61)56-26-14-21-42(56)49(62)65-31-37-18-10-7-11-19-37/h6-13,15-20,22-25,32-33,40-42,45H,14,21,26-31H2,1-5H3,(H,52,57)(H,53,59)(H,55,60)(H2,51,54,63)/t40-,41-,42-,45-/m0/s1. The number of nitrogens with zero attached hydrogens (tertiary/aromatic N) is 1. The van der Waals surface area contributed by atoms with Crippen molar-refractivity contribution in [1.82, 2.24) is 20.9 Å². The minimum absolute atomic E-state index is 0.0460. The van der Waals surface area contributed by atoms with Gasteiger partial charge in [0.2, 0.25) is 23.6 Å². The third-order valence-electron chi connectivity index (χ3n) is 10.8. The Balaban J connectivity index is 1.25. The van der Waals surface area contributed by atoms with Crippen LogP contribution in [0.3, 0.4) is 0 Å². The van der Waals surface area contributed by atoms with Gasteiger partial charge in [-0.15, -0.1) is 0 Å². The second kappa shape index (κ2) is 24.1. The monoisotopic (exact) mass is 888 g/mol. The molecule has 15 heteroatoms. The average Bonchev–Trinajstić information content (AvgIpc) is 3.78. The van der Waals surface area contributed by atoms with Crippen molar-refractivity contribution in [2.45, 2.75) is 104 Å². The molecule has 0 spiro atoms. The van der Waals surface area contributed by atoms with Crippen LogP contribution in [-0.2, 0) is 57.9 Å². The maximum Gasteiger partial charge on any atom is 0.329 e. The lowest BCUT2D eigenvalue weighted by Crippen LogP contribution is -2.59. The highest BCUT2D eigenvalue weighted by Gasteiger charge is 2.41. The van der Waals surface area contributed by atoms with Crippen LogP contribution in [0.5, 0.6) is 0 Å². The number of esters is 2. The molecule has 4 aromatic rings. The number of rotatable bonds is 20. The zero-order valence-corrected chi connectivity index (χ0v) is 37.6. The van der Waals surface area contributed by atoms with Gasteiger partial charge in [-0.25, -0.2) is 9.59 Å². The summed E-state index contributed by atoms with van der Waals surface area (Å²) in [6.45, 7) is 9.37. The minimum atomic E-state index is -1.50. The summed E-state index contributed by atoms with van der Waals surface area (Å²) in [7, 11) is 0. The molecule has 4 aromatic carbocycles. The zero-order valence-electron chi connectivity index (χ0n) is 37.6. The molecule has 0 radical (unpaired) electrons. The summed E-state index contributed by atoms with van der Waals surface area (Å²) in [5.74, 6) is -4.35. The maximum absolute atomic E-state index is 14.2. The number of nitrogens with one attached hydrogen (secondary N) is 5. The van der Waals surface area contributed by atoms with Crippen LogP contribution in [0.1, 0.15) is 75.6 Å². The molecule has 1 heterocycles. The van der Waals surface area contributed by atoms with E-state index in [1.54, 1.807) is 68.4 Å². The van der Waals surface area contributed by atoms with E-state index in [1.165, 1.54) is 4.90 Å². The van der Waals surface area contributed by atoms with Crippen molar-refractivity contribution in [3.8, 4) is 0 Å². The number of urea groups is 1. The van der Waals surface area contributed by atoms with Crippen LogP contribution in [0, 0.1) is 18.8 Å². The Bertz CT molecular complexity index is 2250. The molecular weight excluding hydrogens is 829 g/mol. The normalized spacial score (nSPS) is 14.7. The molecule has 0 unspecified atom stereocenters. The minimum Gasteiger partial charge on any atom is -0.461 e. The Hall–Kier alpha value is -7.03. The number of anilines is 2. The molecular formula is C50H60N6O9. The smallest absolute Gasteiger partial charge is 0.329 e. The van der Waals surface area contributed by atoms with Crippen molar-refractivity contribution in [3.05, 3.63) is 131 Å². The van der Waals surface area contributed by atoms with E-state index < -0.39 is 78.1 Å². The van der Waals surface area contributed by atoms with E-state index >= 15 is 0 Å². The molecule has 4 atom stereocenters. The van der Waals surface area contributed by atoms with E-state index in [2.05, 4.69) is 26.6 Å². The van der Waals surface area contributed by atoms with Crippen LogP contribution >= 0.6 is 0 Å². The number of benzene rings is 4. The average molecular weight is 889 g/mol. The number of likely N-dealkylation sites (tertiary alicyclic amines) is 1. The number of amides is 6. The number of hydrogen-bond donors (Lipinski definition) is 5. The molecule has 1 saturated heterocycles. The van der Waals surface area contributed by atoms with Gasteiger partial charge in [-0.2, -0.15) is 0 Å². The lowest BCUT2D eigenvalue weighted by Gasteiger charge is -2.31. The van der Waals surface area contributed by atoms with Crippen LogP contribution in [0.2, 0.25) is 0 Å². The molecule has 0 saturated carbocycles. The van der Waals surface area contributed by atoms with Gasteiger partial charge in [0.15, 0.2) is 0 Å². The summed E-state index contributed by atoms with van der Waals surface area (Å²) in [6.07, 6.45) is 0.479. The van der Waals surface area contributed by atoms with Crippen LogP contribution in [-0.4, -0.2) is 77.2 Å². The van der Waals surface area contributed by atoms with Gasteiger partial charge in [0, 0.05) is 17.9 Å². The zero-order chi connectivity index (χ0) is 46.9. The van der Waals surface area contributed by atoms with E-state index in [-0.39, 0.29) is 38.5 Å². The summed E-state index contributed by atoms with van der Waals surface area (Å²) in [6, 6.07) is 27.2. The molecule has 1 fully saturated rings. The Labute approximate surface area is 380 Å². The predicted molar refractivity (Wildman–Crippen MR) is 246 cm³/mol. The van der Waals surface area contributed by atoms with E-state index in [0.717, 1.165) is 11.1 Å². The molecule has 6 amide bonds. The van der Waals surface area contributed by atoms with Crippen molar-refractivity contribution < 1.29 is 43.0 Å². The number of carbonyl (C=O) groups is 7. The topological polar surface area (TPSA) is 201 Å². The third-order valence-corrected chi connectivity index (χ3v) is 10.8. The van der Waals surface area contributed by atoms with E-state index in [9.17, 15) is 33.6 Å². The summed E-state index contributed by atoms with van der Waals surface area (Å²) in [4.78, 5) is 96.4. The molecule has 65 heavy (non-hydrogen) atoms. The second-order valence-corrected chi connectivity index (χ2v) is 16.9. The van der Waals surface area contributed by atoms with Crippen LogP contribution in [0.15, 0.2) is 109 Å². The highest BCUT2D eigenvalue weighted by atomic mass is 16.5. The fraction of sp³-hybridized carbons (Fsp3) is 0.380. The van der Waals surface area contributed by atoms with Gasteiger partial charge in [0.25, 0.3) is 0 Å². The highest BCUT2D eigenvalue weighted by Crippen LogP contribution is 2.23. The van der Waals surface area contributed by atoms with Gasteiger partial charge >= 0.3 is 18.0 Å². The fourth-order valence-corrected chi connectivity index (χ4v) is 7.33. The van der Waals surface area contributed by atoms with Crippen molar-refractivity contribution >= 4 is 53.0 Å². The van der Waals surface area contributed by atoms with Crippen LogP contribution < -0.4 is 26.6 Å². The van der Waals surface area contributed by atoms with Crippen LogP contribution in [0.25, 0.3) is 0 Å². The number of ether oxygens (including phenoxy) is 2. The van der Waals surface area contributed by atoms with Crippen molar-refractivity contribution in [3.63, 3.8) is 0 Å². The molecule has 5 N–H and O–H groups in total. The molecule has 15 nitrogen and oxygen atoms in total. The lowest BCUT2D eigenvalue weighted by atomic mass is 10.00. The van der Waals surface area contributed by atoms with Gasteiger partial charge < -0.3 is 41.0 Å². The summed E-state index contributed by atoms with van der Waals surface area (Å²) in [5.41, 5.74) is 4.22. The van der Waals surface area contributed by atoms with Gasteiger partial charge in [-0.1, -0.05) is 119 Å². The number of aryl methyl sites for hydroxylation is 1. The first-order chi connectivity index (χ1) is 31.2. The van der Waals surface area contributed by atoms with Crippen molar-refractivity contribution in [2.75, 3.05) is 17.2 Å². The molecule has 0 aromatic heterocycles. The van der Waals surface area contributed by atoms with E-state index in [1.807, 2.05) is 75.4 Å². The summed E-state index contributed by atoms with van der Waals surface area (Å²) < 4.78 is 11.1. The lowest BCUT2D eigenvalue weighted by molar-refractivity contribution is -0.155. The summed E-state index contributed by atoms with van der Waals surface area (Å²) in [5, 5.41) is 13.8. The number of hydrogen-bond acceptors (Lipinski definition) is 9. The second-order valence-electron chi connectivity index (χ2n) is 16.9. The summed E-state index contributed by atoms with van der Waals surface area (Å²) >= 11 is 0. The Morgan fingerprint density at radius 1 is 0.662 bits per heavy atom. The Morgan fingerprint density at radius 2 is 1.26 bits per heavy atom. The Morgan fingerprint density at radius 3 is 1.88 bits per heavy atom. The predicted octanol–water partition coefficient (Wildman–Crippen LogP) is 6.21. The first-order valence-corrected chi connectivity index (χ1v) is 22.0. The van der Waals surface area contributed by atoms with E-state index in [4.69, 9.17) is 9.47 Å². The Kier molecular flexibility index (Phi) is 18.2. The van der Waals surface area contributed by atoms with E-state index in [0.29, 0.717) is 35.3 Å². The quantitative estimate of drug-likeness (QED) is 0.0641. The highest BCUT2D eigenvalue weighted by molar-refractivity contribution is 6.00. The largest absolute Gasteiger partial charge is 0.461 e. The van der Waals surface area contributed by atoms with Crippen LogP contribution in [0.4, 0.5) is 16.2 Å². The SMILES string of the molecule is Cc1ccccc1NC(=O)Nc1ccc(CC(=O)N[C@@H](CC(C)C)C(=O)N[C@@H](CC(=O)OCc2ccccc2)C(=O)N[C@H](C(=O)N2CCC[C@H]2C(=O)OCc2ccccc2)C(C)C)cc1. The van der Waals surface area contributed by atoms with Gasteiger partial charge in [0.1, 0.15) is 37.4 Å². The molecule has 1 aliphatic heterocycles. The first-order valence-electron chi connectivity index (χ1n) is 22.0. The first kappa shape index (κ1) is 49.0. The molecule has 0 aliphatic carbocycles. The van der Waals surface area contributed by atoms with Crippen molar-refractivity contribution in [2.24, 2.45) is 11.8 Å². The molecule has 1 aliphatic rings. The van der Waals surface area contributed by atoms with Gasteiger partial charge in [-0.3, -0.25) is 24.0 Å². The number of para-hydroxylation sites is 1. The molecule has 344 valence electrons. The van der Waals surface area contributed by atoms with Crippen molar-refractivity contribution in [1.29, 1.82) is 0 Å². The van der Waals surface area contributed by atoms with Gasteiger partial charge in [-0.05, 0) is 78.5 Å². The maximum atomic E-state index is 14.2. The molecule has 5 rings (SSSR count).